The summed E-state index contributed by atoms with van der Waals surface area (Å²) in [5, 5.41) is 17.4. The van der Waals surface area contributed by atoms with E-state index in [2.05, 4.69) is 20.6 Å². The number of nitrogens with zero attached hydrogens (tertiary/aromatic N) is 4. The van der Waals surface area contributed by atoms with Gasteiger partial charge in [0.2, 0.25) is 11.9 Å². The van der Waals surface area contributed by atoms with Crippen molar-refractivity contribution in [3.05, 3.63) is 58.8 Å². The average molecular weight is 394 g/mol. The number of anilines is 3. The number of hydrogen-bond acceptors (Lipinski definition) is 7. The van der Waals surface area contributed by atoms with E-state index in [1.54, 1.807) is 24.4 Å². The van der Waals surface area contributed by atoms with E-state index in [0.717, 1.165) is 18.8 Å². The minimum Gasteiger partial charge on any atom is -0.325 e. The molecule has 0 spiro atoms. The summed E-state index contributed by atoms with van der Waals surface area (Å²) < 4.78 is 0. The van der Waals surface area contributed by atoms with E-state index >= 15 is 0 Å². The summed E-state index contributed by atoms with van der Waals surface area (Å²) in [6, 6.07) is 11.7. The maximum atomic E-state index is 12.1. The van der Waals surface area contributed by atoms with Crippen LogP contribution in [0.4, 0.5) is 23.0 Å². The molecule has 3 aromatic rings. The van der Waals surface area contributed by atoms with Crippen molar-refractivity contribution >= 4 is 39.8 Å². The van der Waals surface area contributed by atoms with Crippen LogP contribution in [0.15, 0.2) is 48.7 Å². The Balaban J connectivity index is 1.65. The van der Waals surface area contributed by atoms with Crippen LogP contribution >= 0.6 is 0 Å². The Bertz CT molecular complexity index is 1020. The van der Waals surface area contributed by atoms with Gasteiger partial charge in [-0.2, -0.15) is 0 Å². The fraction of sp³-hybridized carbons (Fsp3) is 0.250. The highest BCUT2D eigenvalue weighted by atomic mass is 16.6. The summed E-state index contributed by atoms with van der Waals surface area (Å²) in [4.78, 5) is 33.1. The zero-order chi connectivity index (χ0) is 20.8. The molecule has 0 unspecified atom stereocenters. The molecule has 0 radical (unpaired) electrons. The number of non-ortho nitro benzene ring substituents is 1. The molecule has 29 heavy (non-hydrogen) atoms. The lowest BCUT2D eigenvalue weighted by molar-refractivity contribution is -0.384. The van der Waals surface area contributed by atoms with Crippen LogP contribution in [0.5, 0.6) is 0 Å². The van der Waals surface area contributed by atoms with Crippen molar-refractivity contribution in [2.45, 2.75) is 13.8 Å². The second kappa shape index (κ2) is 9.07. The number of hydrogen-bond donors (Lipinski definition) is 2. The third-order valence-electron chi connectivity index (χ3n) is 4.46. The summed E-state index contributed by atoms with van der Waals surface area (Å²) in [5.74, 6) is 0.325. The predicted molar refractivity (Wildman–Crippen MR) is 112 cm³/mol. The maximum absolute atomic E-state index is 12.1. The van der Waals surface area contributed by atoms with Crippen molar-refractivity contribution in [2.75, 3.05) is 30.3 Å². The summed E-state index contributed by atoms with van der Waals surface area (Å²) in [6.45, 7) is 6.05. The first-order valence-corrected chi connectivity index (χ1v) is 9.29. The molecule has 0 aliphatic rings. The number of aromatic nitrogens is 2. The fourth-order valence-corrected chi connectivity index (χ4v) is 2.81. The Morgan fingerprint density at radius 3 is 2.45 bits per heavy atom. The third kappa shape index (κ3) is 5.23. The molecular weight excluding hydrogens is 372 g/mol. The Labute approximate surface area is 167 Å². The molecule has 0 aliphatic carbocycles. The topological polar surface area (TPSA) is 113 Å². The Morgan fingerprint density at radius 2 is 1.79 bits per heavy atom. The van der Waals surface area contributed by atoms with Crippen molar-refractivity contribution < 1.29 is 9.72 Å². The number of likely N-dealkylation sites (N-methyl/N-ethyl adjacent to an activating group) is 1. The second-order valence-corrected chi connectivity index (χ2v) is 6.41. The summed E-state index contributed by atoms with van der Waals surface area (Å²) in [6.07, 6.45) is 1.54. The molecule has 0 atom stereocenters. The van der Waals surface area contributed by atoms with E-state index in [0.29, 0.717) is 29.1 Å². The van der Waals surface area contributed by atoms with Gasteiger partial charge in [0, 0.05) is 35.1 Å². The molecule has 9 heteroatoms. The smallest absolute Gasteiger partial charge is 0.270 e. The number of nitro groups is 1. The van der Waals surface area contributed by atoms with Gasteiger partial charge < -0.3 is 10.6 Å². The van der Waals surface area contributed by atoms with Gasteiger partial charge in [0.05, 0.1) is 17.0 Å². The molecule has 1 heterocycles. The lowest BCUT2D eigenvalue weighted by Crippen LogP contribution is -2.32. The van der Waals surface area contributed by atoms with Gasteiger partial charge in [0.15, 0.2) is 0 Å². The van der Waals surface area contributed by atoms with E-state index in [1.807, 2.05) is 30.9 Å². The van der Waals surface area contributed by atoms with Crippen LogP contribution < -0.4 is 10.6 Å². The van der Waals surface area contributed by atoms with Gasteiger partial charge in [-0.1, -0.05) is 13.8 Å². The van der Waals surface area contributed by atoms with Crippen molar-refractivity contribution in [1.29, 1.82) is 0 Å². The molecule has 2 aromatic carbocycles. The van der Waals surface area contributed by atoms with Crippen LogP contribution in [0, 0.1) is 10.1 Å². The van der Waals surface area contributed by atoms with Crippen molar-refractivity contribution in [1.82, 2.24) is 14.9 Å². The first-order chi connectivity index (χ1) is 14.0. The van der Waals surface area contributed by atoms with Gasteiger partial charge in [-0.15, -0.1) is 0 Å². The Hall–Kier alpha value is -3.59. The number of carbonyl (C=O) groups excluding carboxylic acids is 1. The highest BCUT2D eigenvalue weighted by molar-refractivity contribution is 5.92. The predicted octanol–water partition coefficient (Wildman–Crippen LogP) is 3.56. The van der Waals surface area contributed by atoms with Gasteiger partial charge in [0.25, 0.3) is 5.69 Å². The molecule has 0 bridgehead atoms. The molecule has 0 saturated heterocycles. The largest absolute Gasteiger partial charge is 0.325 e. The van der Waals surface area contributed by atoms with E-state index in [9.17, 15) is 14.9 Å². The number of fused-ring (bicyclic) bond motifs is 1. The molecule has 1 amide bonds. The van der Waals surface area contributed by atoms with Crippen LogP contribution in [-0.2, 0) is 4.79 Å². The average Bonchev–Trinajstić information content (AvgIpc) is 2.73. The third-order valence-corrected chi connectivity index (χ3v) is 4.46. The zero-order valence-corrected chi connectivity index (χ0v) is 16.3. The number of carbonyl (C=O) groups is 1. The molecule has 0 saturated carbocycles. The quantitative estimate of drug-likeness (QED) is 0.443. The maximum Gasteiger partial charge on any atom is 0.270 e. The van der Waals surface area contributed by atoms with Crippen LogP contribution in [0.3, 0.4) is 0 Å². The number of rotatable bonds is 8. The second-order valence-electron chi connectivity index (χ2n) is 6.41. The molecule has 9 nitrogen and oxygen atoms in total. The van der Waals surface area contributed by atoms with E-state index in [4.69, 9.17) is 0 Å². The monoisotopic (exact) mass is 394 g/mol. The highest BCUT2D eigenvalue weighted by Gasteiger charge is 2.09. The summed E-state index contributed by atoms with van der Waals surface area (Å²) in [5.41, 5.74) is 2.07. The molecule has 0 fully saturated rings. The van der Waals surface area contributed by atoms with E-state index < -0.39 is 4.92 Å². The van der Waals surface area contributed by atoms with Crippen molar-refractivity contribution in [2.24, 2.45) is 0 Å². The Kier molecular flexibility index (Phi) is 6.30. The van der Waals surface area contributed by atoms with E-state index in [-0.39, 0.29) is 11.6 Å². The normalized spacial score (nSPS) is 10.9. The van der Waals surface area contributed by atoms with Gasteiger partial charge >= 0.3 is 0 Å². The van der Waals surface area contributed by atoms with Gasteiger partial charge in [0.1, 0.15) is 0 Å². The summed E-state index contributed by atoms with van der Waals surface area (Å²) >= 11 is 0. The number of amides is 1. The molecule has 1 aromatic heterocycles. The summed E-state index contributed by atoms with van der Waals surface area (Å²) in [7, 11) is 0. The first kappa shape index (κ1) is 20.2. The van der Waals surface area contributed by atoms with Gasteiger partial charge in [-0.3, -0.25) is 19.8 Å². The van der Waals surface area contributed by atoms with E-state index in [1.165, 1.54) is 12.1 Å². The SMILES string of the molecule is CCN(CC)CC(=O)Nc1ccc(Nc2ncc3cc([N+](=O)[O-])ccc3n2)cc1. The number of benzene rings is 2. The van der Waals surface area contributed by atoms with Gasteiger partial charge in [-0.05, 0) is 43.4 Å². The zero-order valence-electron chi connectivity index (χ0n) is 16.3. The minimum atomic E-state index is -0.450. The lowest BCUT2D eigenvalue weighted by Gasteiger charge is -2.17. The minimum absolute atomic E-state index is 0.000407. The number of nitro benzene ring substituents is 1. The molecule has 150 valence electrons. The van der Waals surface area contributed by atoms with Crippen LogP contribution in [0.25, 0.3) is 10.9 Å². The standard InChI is InChI=1S/C20H22N6O3/c1-3-25(4-2)13-19(27)22-15-5-7-16(8-6-15)23-20-21-12-14-11-17(26(28)29)9-10-18(14)24-20/h5-12H,3-4,13H2,1-2H3,(H,22,27)(H,21,23,24). The van der Waals surface area contributed by atoms with Gasteiger partial charge in [-0.25, -0.2) is 9.97 Å². The molecule has 2 N–H and O–H groups in total. The fourth-order valence-electron chi connectivity index (χ4n) is 2.81. The lowest BCUT2D eigenvalue weighted by atomic mass is 10.2. The number of nitrogens with one attached hydrogen (secondary N) is 2. The molecular formula is C20H22N6O3. The highest BCUT2D eigenvalue weighted by Crippen LogP contribution is 2.21. The first-order valence-electron chi connectivity index (χ1n) is 9.29. The van der Waals surface area contributed by atoms with Crippen molar-refractivity contribution in [3.8, 4) is 0 Å². The molecule has 0 aliphatic heterocycles. The van der Waals surface area contributed by atoms with Crippen LogP contribution in [-0.4, -0.2) is 45.3 Å². The Morgan fingerprint density at radius 1 is 1.10 bits per heavy atom. The van der Waals surface area contributed by atoms with Crippen molar-refractivity contribution in [3.63, 3.8) is 0 Å². The molecule has 3 rings (SSSR count). The van der Waals surface area contributed by atoms with Crippen LogP contribution in [0.2, 0.25) is 0 Å². The van der Waals surface area contributed by atoms with Crippen LogP contribution in [0.1, 0.15) is 13.8 Å².